The molecule has 38 heavy (non-hydrogen) atoms. The number of primary amides is 1. The van der Waals surface area contributed by atoms with E-state index in [1.165, 1.54) is 0 Å². The van der Waals surface area contributed by atoms with Crippen molar-refractivity contribution >= 4 is 34.8 Å². The first-order chi connectivity index (χ1) is 17.9. The van der Waals surface area contributed by atoms with E-state index in [9.17, 15) is 39.6 Å². The third-order valence-electron chi connectivity index (χ3n) is 8.23. The van der Waals surface area contributed by atoms with Crippen LogP contribution in [0.25, 0.3) is 5.76 Å². The average molecular weight is 530 g/mol. The van der Waals surface area contributed by atoms with E-state index in [-0.39, 0.29) is 36.2 Å². The summed E-state index contributed by atoms with van der Waals surface area (Å²) in [6, 6.07) is 0.926. The van der Waals surface area contributed by atoms with E-state index in [1.54, 1.807) is 0 Å². The number of phenolic OH excluding ortho intramolecular Hbond substituents is 1. The molecule has 11 nitrogen and oxygen atoms in total. The minimum Gasteiger partial charge on any atom is -0.508 e. The first-order valence-corrected chi connectivity index (χ1v) is 12.5. The third-order valence-corrected chi connectivity index (χ3v) is 8.23. The molecule has 2 amide bonds. The second-order valence-electron chi connectivity index (χ2n) is 10.5. The summed E-state index contributed by atoms with van der Waals surface area (Å²) in [6.45, 7) is 0.575. The Hall–Kier alpha value is -3.77. The standard InChI is InChI=1S/C26H28FN3O8/c27-14-7-15(30-17(32)9-29-8-10-2-1-3-10)21(33)19-13(14)5-11-4-12-6-16(31)20(25(28)37)24(36)26(12,38)23(35)18(11)22(19)34/h7,10-12,29,33-34,36,38H,1-6,8-9H2,(H2,28,37)(H,30,32)/t11?,12-,26-/m0/s1. The maximum absolute atomic E-state index is 15.2. The van der Waals surface area contributed by atoms with Gasteiger partial charge in [-0.05, 0) is 44.1 Å². The minimum atomic E-state index is -2.71. The fraction of sp³-hybridized carbons (Fsp3) is 0.462. The van der Waals surface area contributed by atoms with Gasteiger partial charge in [-0.2, -0.15) is 0 Å². The lowest BCUT2D eigenvalue weighted by molar-refractivity contribution is -0.147. The normalized spacial score (nSPS) is 26.9. The zero-order chi connectivity index (χ0) is 27.5. The minimum absolute atomic E-state index is 0.0801. The van der Waals surface area contributed by atoms with Gasteiger partial charge in [-0.15, -0.1) is 0 Å². The van der Waals surface area contributed by atoms with E-state index in [0.717, 1.165) is 25.3 Å². The van der Waals surface area contributed by atoms with Crippen LogP contribution >= 0.6 is 0 Å². The highest BCUT2D eigenvalue weighted by Gasteiger charge is 2.60. The number of halogens is 1. The molecule has 0 aromatic heterocycles. The van der Waals surface area contributed by atoms with Gasteiger partial charge in [0.2, 0.25) is 11.7 Å². The van der Waals surface area contributed by atoms with Crippen LogP contribution in [0, 0.1) is 23.6 Å². The number of Topliss-reactive ketones (excluding diaryl/α,β-unsaturated/α-hetero) is 2. The highest BCUT2D eigenvalue weighted by atomic mass is 19.1. The van der Waals surface area contributed by atoms with Crippen molar-refractivity contribution in [3.63, 3.8) is 0 Å². The number of amides is 2. The quantitative estimate of drug-likeness (QED) is 0.206. The molecule has 8 N–H and O–H groups in total. The zero-order valence-electron chi connectivity index (χ0n) is 20.3. The lowest BCUT2D eigenvalue weighted by Crippen LogP contribution is -2.58. The number of aliphatic hydroxyl groups is 3. The van der Waals surface area contributed by atoms with Crippen LogP contribution in [0.4, 0.5) is 10.1 Å². The van der Waals surface area contributed by atoms with Gasteiger partial charge in [0.25, 0.3) is 5.91 Å². The number of benzene rings is 1. The number of carbonyl (C=O) groups is 4. The molecule has 4 aliphatic carbocycles. The van der Waals surface area contributed by atoms with Crippen molar-refractivity contribution in [3.05, 3.63) is 39.9 Å². The fourth-order valence-corrected chi connectivity index (χ4v) is 6.02. The second-order valence-corrected chi connectivity index (χ2v) is 10.5. The number of carbonyl (C=O) groups excluding carboxylic acids is 4. The highest BCUT2D eigenvalue weighted by Crippen LogP contribution is 2.53. The molecule has 1 aromatic carbocycles. The average Bonchev–Trinajstić information content (AvgIpc) is 2.81. The summed E-state index contributed by atoms with van der Waals surface area (Å²) in [7, 11) is 0. The Morgan fingerprint density at radius 1 is 1.16 bits per heavy atom. The maximum Gasteiger partial charge on any atom is 0.255 e. The molecule has 0 heterocycles. The van der Waals surface area contributed by atoms with Gasteiger partial charge in [0.15, 0.2) is 17.1 Å². The van der Waals surface area contributed by atoms with E-state index < -0.39 is 81.5 Å². The largest absolute Gasteiger partial charge is 0.508 e. The summed E-state index contributed by atoms with van der Waals surface area (Å²) in [5, 5.41) is 49.2. The first kappa shape index (κ1) is 25.9. The molecule has 2 saturated carbocycles. The van der Waals surface area contributed by atoms with Crippen molar-refractivity contribution in [2.45, 2.75) is 44.1 Å². The van der Waals surface area contributed by atoms with Crippen LogP contribution in [-0.2, 0) is 25.6 Å². The summed E-state index contributed by atoms with van der Waals surface area (Å²) in [5.41, 5.74) is 0.342. The molecule has 4 aliphatic rings. The smallest absolute Gasteiger partial charge is 0.255 e. The Kier molecular flexibility index (Phi) is 6.27. The van der Waals surface area contributed by atoms with Crippen LogP contribution in [0.1, 0.15) is 43.2 Å². The monoisotopic (exact) mass is 529 g/mol. The Morgan fingerprint density at radius 2 is 1.87 bits per heavy atom. The molecule has 12 heteroatoms. The van der Waals surface area contributed by atoms with E-state index >= 15 is 4.39 Å². The maximum atomic E-state index is 15.2. The van der Waals surface area contributed by atoms with Gasteiger partial charge in [0, 0.05) is 29.5 Å². The number of anilines is 1. The van der Waals surface area contributed by atoms with Crippen LogP contribution in [0.3, 0.4) is 0 Å². The first-order valence-electron chi connectivity index (χ1n) is 12.5. The molecule has 0 spiro atoms. The van der Waals surface area contributed by atoms with Crippen LogP contribution in [0.15, 0.2) is 23.0 Å². The molecule has 0 bridgehead atoms. The Balaban J connectivity index is 1.49. The molecule has 0 saturated heterocycles. The van der Waals surface area contributed by atoms with Crippen LogP contribution in [0.2, 0.25) is 0 Å². The topological polar surface area (TPSA) is 199 Å². The predicted molar refractivity (Wildman–Crippen MR) is 130 cm³/mol. The molecule has 0 aliphatic heterocycles. The number of fused-ring (bicyclic) bond motifs is 3. The SMILES string of the molecule is NC(=O)C1=C(O)[C@@]2(O)C(=O)C3=C(O)c4c(O)c(NC(=O)CNCC5CCC5)cc(F)c4CC3C[C@H]2CC1=O. The van der Waals surface area contributed by atoms with Gasteiger partial charge in [-0.25, -0.2) is 4.39 Å². The molecule has 5 rings (SSSR count). The van der Waals surface area contributed by atoms with Crippen LogP contribution in [-0.4, -0.2) is 62.5 Å². The molecular weight excluding hydrogens is 501 g/mol. The van der Waals surface area contributed by atoms with Gasteiger partial charge in [0.05, 0.1) is 17.8 Å². The summed E-state index contributed by atoms with van der Waals surface area (Å²) < 4.78 is 15.2. The number of hydrogen-bond donors (Lipinski definition) is 7. The Labute approximate surface area is 216 Å². The van der Waals surface area contributed by atoms with Crippen molar-refractivity contribution < 1.29 is 44.0 Å². The molecule has 0 radical (unpaired) electrons. The van der Waals surface area contributed by atoms with Gasteiger partial charge >= 0.3 is 0 Å². The summed E-state index contributed by atoms with van der Waals surface area (Å²) >= 11 is 0. The Morgan fingerprint density at radius 3 is 2.50 bits per heavy atom. The van der Waals surface area contributed by atoms with Crippen molar-refractivity contribution in [1.82, 2.24) is 5.32 Å². The number of ketones is 2. The predicted octanol–water partition coefficient (Wildman–Crippen LogP) is 0.891. The van der Waals surface area contributed by atoms with Crippen LogP contribution in [0.5, 0.6) is 5.75 Å². The number of nitrogens with one attached hydrogen (secondary N) is 2. The lowest BCUT2D eigenvalue weighted by atomic mass is 9.59. The number of aromatic hydroxyl groups is 1. The third kappa shape index (κ3) is 3.86. The number of nitrogens with two attached hydrogens (primary N) is 1. The molecular formula is C26H28FN3O8. The van der Waals surface area contributed by atoms with Crippen LogP contribution < -0.4 is 16.4 Å². The van der Waals surface area contributed by atoms with E-state index in [0.29, 0.717) is 12.5 Å². The number of aliphatic hydroxyl groups excluding tert-OH is 2. The van der Waals surface area contributed by atoms with Gasteiger partial charge in [-0.1, -0.05) is 6.42 Å². The second kappa shape index (κ2) is 9.21. The summed E-state index contributed by atoms with van der Waals surface area (Å²) in [6.07, 6.45) is 2.60. The van der Waals surface area contributed by atoms with E-state index in [2.05, 4.69) is 10.6 Å². The van der Waals surface area contributed by atoms with Gasteiger partial charge in [-0.3, -0.25) is 19.2 Å². The fourth-order valence-electron chi connectivity index (χ4n) is 6.02. The van der Waals surface area contributed by atoms with Gasteiger partial charge in [0.1, 0.15) is 22.9 Å². The molecule has 2 fully saturated rings. The Bertz CT molecular complexity index is 1350. The van der Waals surface area contributed by atoms with E-state index in [1.807, 2.05) is 0 Å². The zero-order valence-corrected chi connectivity index (χ0v) is 20.3. The summed E-state index contributed by atoms with van der Waals surface area (Å²) in [4.78, 5) is 50.0. The number of hydrogen-bond acceptors (Lipinski definition) is 9. The van der Waals surface area contributed by atoms with Crippen molar-refractivity contribution in [1.29, 1.82) is 0 Å². The number of phenols is 1. The summed E-state index contributed by atoms with van der Waals surface area (Å²) in [5.74, 6) is -8.89. The number of rotatable bonds is 6. The van der Waals surface area contributed by atoms with Gasteiger partial charge < -0.3 is 36.8 Å². The van der Waals surface area contributed by atoms with E-state index in [4.69, 9.17) is 5.73 Å². The molecule has 3 atom stereocenters. The molecule has 202 valence electrons. The molecule has 1 unspecified atom stereocenters. The highest BCUT2D eigenvalue weighted by molar-refractivity contribution is 6.22. The van der Waals surface area contributed by atoms with Crippen molar-refractivity contribution in [3.8, 4) is 5.75 Å². The van der Waals surface area contributed by atoms with Crippen molar-refractivity contribution in [2.24, 2.45) is 23.5 Å². The van der Waals surface area contributed by atoms with Crippen molar-refractivity contribution in [2.75, 3.05) is 18.4 Å². The lowest BCUT2D eigenvalue weighted by Gasteiger charge is -2.46. The molecule has 1 aromatic rings.